The Labute approximate surface area is 172 Å². The summed E-state index contributed by atoms with van der Waals surface area (Å²) in [5, 5.41) is 4.40. The van der Waals surface area contributed by atoms with Gasteiger partial charge in [-0.3, -0.25) is 9.59 Å². The van der Waals surface area contributed by atoms with Crippen molar-refractivity contribution in [1.82, 2.24) is 15.2 Å². The zero-order chi connectivity index (χ0) is 19.5. The van der Waals surface area contributed by atoms with Gasteiger partial charge in [0.2, 0.25) is 5.91 Å². The van der Waals surface area contributed by atoms with E-state index in [0.29, 0.717) is 23.0 Å². The highest BCUT2D eigenvalue weighted by atomic mass is 35.5. The van der Waals surface area contributed by atoms with Gasteiger partial charge in [0.15, 0.2) is 0 Å². The van der Waals surface area contributed by atoms with Crippen LogP contribution in [0.15, 0.2) is 54.6 Å². The largest absolute Gasteiger partial charge is 0.351 e. The van der Waals surface area contributed by atoms with Crippen LogP contribution in [-0.2, 0) is 11.2 Å². The minimum Gasteiger partial charge on any atom is -0.351 e. The molecule has 7 heteroatoms. The molecule has 5 nitrogen and oxygen atoms in total. The van der Waals surface area contributed by atoms with Gasteiger partial charge in [-0.15, -0.1) is 11.8 Å². The Hall–Kier alpha value is -2.44. The molecule has 1 fully saturated rings. The molecule has 0 saturated carbocycles. The van der Waals surface area contributed by atoms with E-state index >= 15 is 0 Å². The number of nitrogens with one attached hydrogen (secondary N) is 2. The lowest BCUT2D eigenvalue weighted by Crippen LogP contribution is -2.49. The third-order valence-electron chi connectivity index (χ3n) is 4.78. The van der Waals surface area contributed by atoms with Crippen molar-refractivity contribution >= 4 is 46.1 Å². The molecule has 0 aliphatic carbocycles. The van der Waals surface area contributed by atoms with Crippen LogP contribution in [0.4, 0.5) is 0 Å². The molecule has 4 rings (SSSR count). The molecule has 0 unspecified atom stereocenters. The number of H-pyrrole nitrogens is 1. The summed E-state index contributed by atoms with van der Waals surface area (Å²) in [5.74, 6) is 1.26. The average molecular weight is 414 g/mol. The Kier molecular flexibility index (Phi) is 5.59. The van der Waals surface area contributed by atoms with E-state index in [2.05, 4.69) is 10.3 Å². The van der Waals surface area contributed by atoms with Crippen LogP contribution in [0.5, 0.6) is 0 Å². The maximum atomic E-state index is 13.0. The van der Waals surface area contributed by atoms with Crippen LogP contribution in [0.25, 0.3) is 10.9 Å². The van der Waals surface area contributed by atoms with Crippen molar-refractivity contribution in [3.8, 4) is 0 Å². The van der Waals surface area contributed by atoms with Crippen molar-refractivity contribution < 1.29 is 9.59 Å². The summed E-state index contributed by atoms with van der Waals surface area (Å²) < 4.78 is 0. The van der Waals surface area contributed by atoms with E-state index < -0.39 is 6.04 Å². The molecular formula is C21H20ClN3O2S. The average Bonchev–Trinajstić information content (AvgIpc) is 3.37. The fourth-order valence-corrected chi connectivity index (χ4v) is 4.46. The van der Waals surface area contributed by atoms with Crippen molar-refractivity contribution in [2.75, 3.05) is 18.2 Å². The van der Waals surface area contributed by atoms with Crippen molar-refractivity contribution in [2.45, 2.75) is 12.5 Å². The molecule has 0 bridgehead atoms. The maximum Gasteiger partial charge on any atom is 0.268 e. The van der Waals surface area contributed by atoms with E-state index in [0.717, 1.165) is 28.8 Å². The van der Waals surface area contributed by atoms with E-state index in [1.807, 2.05) is 41.3 Å². The molecule has 0 spiro atoms. The second-order valence-electron chi connectivity index (χ2n) is 6.77. The summed E-state index contributed by atoms with van der Waals surface area (Å²) in [6.45, 7) is 0.718. The molecule has 3 aromatic rings. The van der Waals surface area contributed by atoms with Crippen molar-refractivity contribution in [3.05, 3.63) is 70.9 Å². The van der Waals surface area contributed by atoms with Crippen LogP contribution in [-0.4, -0.2) is 45.9 Å². The Bertz CT molecular complexity index is 999. The number of hydrogen-bond donors (Lipinski definition) is 2. The smallest absolute Gasteiger partial charge is 0.268 e. The Balaban J connectivity index is 1.56. The second-order valence-corrected chi connectivity index (χ2v) is 8.28. The van der Waals surface area contributed by atoms with Gasteiger partial charge >= 0.3 is 0 Å². The van der Waals surface area contributed by atoms with Gasteiger partial charge in [0.05, 0.1) is 5.88 Å². The zero-order valence-electron chi connectivity index (χ0n) is 15.2. The minimum absolute atomic E-state index is 0.0404. The number of benzene rings is 2. The topological polar surface area (TPSA) is 65.2 Å². The Morgan fingerprint density at radius 1 is 1.18 bits per heavy atom. The SMILES string of the molecule is O=C(N[C@@H](Cc1ccccc1)C(=O)N1CCSC1)c1cc2cc(Cl)ccc2[nH]1. The number of rotatable bonds is 5. The van der Waals surface area contributed by atoms with Gasteiger partial charge in [0, 0.05) is 34.6 Å². The zero-order valence-corrected chi connectivity index (χ0v) is 16.7. The van der Waals surface area contributed by atoms with Gasteiger partial charge in [-0.1, -0.05) is 41.9 Å². The summed E-state index contributed by atoms with van der Waals surface area (Å²) >= 11 is 7.76. The summed E-state index contributed by atoms with van der Waals surface area (Å²) in [6, 6.07) is 16.3. The van der Waals surface area contributed by atoms with Crippen LogP contribution in [0, 0.1) is 0 Å². The number of aromatic nitrogens is 1. The first-order valence-electron chi connectivity index (χ1n) is 9.10. The molecule has 2 heterocycles. The van der Waals surface area contributed by atoms with Crippen LogP contribution in [0.1, 0.15) is 16.1 Å². The molecule has 28 heavy (non-hydrogen) atoms. The quantitative estimate of drug-likeness (QED) is 0.670. The molecule has 2 aromatic carbocycles. The fraction of sp³-hybridized carbons (Fsp3) is 0.238. The molecule has 1 aromatic heterocycles. The number of halogens is 1. The Morgan fingerprint density at radius 2 is 2.00 bits per heavy atom. The van der Waals surface area contributed by atoms with E-state index in [9.17, 15) is 9.59 Å². The molecule has 1 saturated heterocycles. The number of nitrogens with zero attached hydrogens (tertiary/aromatic N) is 1. The van der Waals surface area contributed by atoms with Crippen molar-refractivity contribution in [2.24, 2.45) is 0 Å². The minimum atomic E-state index is -0.608. The molecule has 144 valence electrons. The Morgan fingerprint density at radius 3 is 2.75 bits per heavy atom. The third-order valence-corrected chi connectivity index (χ3v) is 5.98. The summed E-state index contributed by atoms with van der Waals surface area (Å²) in [6.07, 6.45) is 0.457. The predicted octanol–water partition coefficient (Wildman–Crippen LogP) is 3.70. The van der Waals surface area contributed by atoms with Crippen LogP contribution < -0.4 is 5.32 Å². The van der Waals surface area contributed by atoms with Gasteiger partial charge < -0.3 is 15.2 Å². The summed E-state index contributed by atoms with van der Waals surface area (Å²) in [7, 11) is 0. The normalized spacial score (nSPS) is 15.0. The van der Waals surface area contributed by atoms with Gasteiger partial charge in [-0.2, -0.15) is 0 Å². The first-order chi connectivity index (χ1) is 13.6. The van der Waals surface area contributed by atoms with Crippen molar-refractivity contribution in [3.63, 3.8) is 0 Å². The van der Waals surface area contributed by atoms with Crippen LogP contribution in [0.3, 0.4) is 0 Å². The number of amides is 2. The predicted molar refractivity (Wildman–Crippen MR) is 114 cm³/mol. The second kappa shape index (κ2) is 8.29. The standard InChI is InChI=1S/C21H20ClN3O2S/c22-16-6-7-17-15(11-16)12-18(23-17)20(26)24-19(10-14-4-2-1-3-5-14)21(27)25-8-9-28-13-25/h1-7,11-12,19,23H,8-10,13H2,(H,24,26)/t19-/m0/s1. The molecule has 1 aliphatic heterocycles. The first kappa shape index (κ1) is 18.9. The first-order valence-corrected chi connectivity index (χ1v) is 10.6. The van der Waals surface area contributed by atoms with Gasteiger partial charge in [-0.25, -0.2) is 0 Å². The highest BCUT2D eigenvalue weighted by Crippen LogP contribution is 2.21. The van der Waals surface area contributed by atoms with Crippen molar-refractivity contribution in [1.29, 1.82) is 0 Å². The third kappa shape index (κ3) is 4.18. The molecule has 1 atom stereocenters. The van der Waals surface area contributed by atoms with Crippen LogP contribution in [0.2, 0.25) is 5.02 Å². The molecule has 2 N–H and O–H groups in total. The summed E-state index contributed by atoms with van der Waals surface area (Å²) in [4.78, 5) is 30.8. The number of hydrogen-bond acceptors (Lipinski definition) is 3. The van der Waals surface area contributed by atoms with E-state index in [1.165, 1.54) is 0 Å². The highest BCUT2D eigenvalue weighted by molar-refractivity contribution is 7.99. The van der Waals surface area contributed by atoms with E-state index in [1.54, 1.807) is 30.0 Å². The lowest BCUT2D eigenvalue weighted by atomic mass is 10.0. The number of carbonyl (C=O) groups is 2. The monoisotopic (exact) mass is 413 g/mol. The van der Waals surface area contributed by atoms with E-state index in [-0.39, 0.29) is 11.8 Å². The number of thioether (sulfide) groups is 1. The maximum absolute atomic E-state index is 13.0. The van der Waals surface area contributed by atoms with Gasteiger partial charge in [0.1, 0.15) is 11.7 Å². The van der Waals surface area contributed by atoms with Gasteiger partial charge in [-0.05, 0) is 29.8 Å². The molecule has 1 aliphatic rings. The van der Waals surface area contributed by atoms with E-state index in [4.69, 9.17) is 11.6 Å². The number of aromatic amines is 1. The number of carbonyl (C=O) groups excluding carboxylic acids is 2. The number of fused-ring (bicyclic) bond motifs is 1. The molecule has 2 amide bonds. The highest BCUT2D eigenvalue weighted by Gasteiger charge is 2.29. The lowest BCUT2D eigenvalue weighted by Gasteiger charge is -2.23. The molecule has 0 radical (unpaired) electrons. The fourth-order valence-electron chi connectivity index (χ4n) is 3.32. The summed E-state index contributed by atoms with van der Waals surface area (Å²) in [5.41, 5.74) is 2.26. The van der Waals surface area contributed by atoms with Gasteiger partial charge in [0.25, 0.3) is 5.91 Å². The molecular weight excluding hydrogens is 394 g/mol. The lowest BCUT2D eigenvalue weighted by molar-refractivity contribution is -0.131. The van der Waals surface area contributed by atoms with Crippen LogP contribution >= 0.6 is 23.4 Å².